The maximum atomic E-state index is 12.5. The highest BCUT2D eigenvalue weighted by Crippen LogP contribution is 2.22. The van der Waals surface area contributed by atoms with E-state index in [0.717, 1.165) is 17.8 Å². The standard InChI is InChI=1S/C18H21N3O5S2/c1-12-17(27-13(2)19-12)18(23)26-11-16(22)20-14-5-7-15(8-6-14)28(24,25)21-9-3-4-10-21/h5-8H,3-4,9-11H2,1-2H3,(H,20,22). The van der Waals surface area contributed by atoms with Crippen molar-refractivity contribution >= 4 is 38.9 Å². The third-order valence-corrected chi connectivity index (χ3v) is 7.23. The number of thiazole rings is 1. The summed E-state index contributed by atoms with van der Waals surface area (Å²) in [5.41, 5.74) is 0.994. The van der Waals surface area contributed by atoms with Crippen LogP contribution in [0.4, 0.5) is 5.69 Å². The van der Waals surface area contributed by atoms with Gasteiger partial charge in [-0.2, -0.15) is 4.31 Å². The molecule has 2 heterocycles. The number of benzene rings is 1. The normalized spacial score (nSPS) is 14.8. The molecule has 1 aliphatic rings. The van der Waals surface area contributed by atoms with Crippen LogP contribution in [0.1, 0.15) is 33.2 Å². The maximum absolute atomic E-state index is 12.5. The van der Waals surface area contributed by atoms with Crippen molar-refractivity contribution in [2.24, 2.45) is 0 Å². The molecule has 1 aromatic heterocycles. The number of hydrogen-bond acceptors (Lipinski definition) is 7. The Labute approximate surface area is 167 Å². The fraction of sp³-hybridized carbons (Fsp3) is 0.389. The van der Waals surface area contributed by atoms with Crippen LogP contribution in [-0.2, 0) is 19.6 Å². The minimum atomic E-state index is -3.49. The first-order chi connectivity index (χ1) is 13.3. The molecule has 0 aliphatic carbocycles. The minimum Gasteiger partial charge on any atom is -0.451 e. The first-order valence-corrected chi connectivity index (χ1v) is 11.0. The molecule has 150 valence electrons. The SMILES string of the molecule is Cc1nc(C)c(C(=O)OCC(=O)Nc2ccc(S(=O)(=O)N3CCCC3)cc2)s1. The predicted octanol–water partition coefficient (Wildman–Crippen LogP) is 2.34. The van der Waals surface area contributed by atoms with Gasteiger partial charge in [0.15, 0.2) is 6.61 Å². The lowest BCUT2D eigenvalue weighted by Gasteiger charge is -2.15. The molecule has 1 aromatic carbocycles. The predicted molar refractivity (Wildman–Crippen MR) is 105 cm³/mol. The summed E-state index contributed by atoms with van der Waals surface area (Å²) in [4.78, 5) is 28.7. The second-order valence-electron chi connectivity index (χ2n) is 6.41. The Morgan fingerprint density at radius 1 is 1.18 bits per heavy atom. The number of ether oxygens (including phenoxy) is 1. The number of nitrogens with one attached hydrogen (secondary N) is 1. The number of sulfonamides is 1. The molecule has 1 N–H and O–H groups in total. The van der Waals surface area contributed by atoms with Gasteiger partial charge in [0.2, 0.25) is 10.0 Å². The fourth-order valence-corrected chi connectivity index (χ4v) is 5.23. The zero-order chi connectivity index (χ0) is 20.3. The smallest absolute Gasteiger partial charge is 0.350 e. The quantitative estimate of drug-likeness (QED) is 0.715. The molecule has 10 heteroatoms. The summed E-state index contributed by atoms with van der Waals surface area (Å²) in [7, 11) is -3.49. The molecule has 0 unspecified atom stereocenters. The summed E-state index contributed by atoms with van der Waals surface area (Å²) in [5, 5.41) is 3.33. The zero-order valence-electron chi connectivity index (χ0n) is 15.6. The number of amides is 1. The highest BCUT2D eigenvalue weighted by molar-refractivity contribution is 7.89. The molecule has 1 aliphatic heterocycles. The summed E-state index contributed by atoms with van der Waals surface area (Å²) < 4.78 is 31.5. The number of hydrogen-bond donors (Lipinski definition) is 1. The average molecular weight is 424 g/mol. The Morgan fingerprint density at radius 3 is 2.39 bits per heavy atom. The van der Waals surface area contributed by atoms with Crippen molar-refractivity contribution in [2.45, 2.75) is 31.6 Å². The van der Waals surface area contributed by atoms with Gasteiger partial charge < -0.3 is 10.1 Å². The van der Waals surface area contributed by atoms with E-state index in [1.165, 1.54) is 39.9 Å². The van der Waals surface area contributed by atoms with Crippen LogP contribution in [0.2, 0.25) is 0 Å². The van der Waals surface area contributed by atoms with Crippen LogP contribution >= 0.6 is 11.3 Å². The van der Waals surface area contributed by atoms with Gasteiger partial charge in [0.25, 0.3) is 5.91 Å². The molecule has 1 amide bonds. The number of aryl methyl sites for hydroxylation is 2. The number of nitrogens with zero attached hydrogens (tertiary/aromatic N) is 2. The van der Waals surface area contributed by atoms with Gasteiger partial charge in [0.1, 0.15) is 4.88 Å². The molecule has 8 nitrogen and oxygen atoms in total. The number of aromatic nitrogens is 1. The summed E-state index contributed by atoms with van der Waals surface area (Å²) in [5.74, 6) is -1.10. The molecular weight excluding hydrogens is 402 g/mol. The summed E-state index contributed by atoms with van der Waals surface area (Å²) in [6, 6.07) is 5.94. The fourth-order valence-electron chi connectivity index (χ4n) is 2.90. The zero-order valence-corrected chi connectivity index (χ0v) is 17.2. The number of rotatable bonds is 6. The number of esters is 1. The van der Waals surface area contributed by atoms with Crippen LogP contribution < -0.4 is 5.32 Å². The van der Waals surface area contributed by atoms with Crippen molar-refractivity contribution in [3.8, 4) is 0 Å². The van der Waals surface area contributed by atoms with Crippen LogP contribution in [0.15, 0.2) is 29.2 Å². The van der Waals surface area contributed by atoms with Gasteiger partial charge in [0.05, 0.1) is 15.6 Å². The molecule has 1 fully saturated rings. The molecule has 0 atom stereocenters. The first kappa shape index (κ1) is 20.4. The monoisotopic (exact) mass is 423 g/mol. The molecule has 0 spiro atoms. The number of anilines is 1. The van der Waals surface area contributed by atoms with E-state index in [0.29, 0.717) is 29.3 Å². The second-order valence-corrected chi connectivity index (χ2v) is 9.55. The van der Waals surface area contributed by atoms with Gasteiger partial charge in [-0.25, -0.2) is 18.2 Å². The van der Waals surface area contributed by atoms with E-state index in [2.05, 4.69) is 10.3 Å². The van der Waals surface area contributed by atoms with Crippen molar-refractivity contribution in [2.75, 3.05) is 25.0 Å². The van der Waals surface area contributed by atoms with Crippen molar-refractivity contribution in [3.05, 3.63) is 39.8 Å². The molecule has 28 heavy (non-hydrogen) atoms. The Balaban J connectivity index is 1.56. The van der Waals surface area contributed by atoms with Gasteiger partial charge in [-0.1, -0.05) is 0 Å². The molecule has 0 saturated carbocycles. The number of carbonyl (C=O) groups is 2. The van der Waals surface area contributed by atoms with E-state index in [-0.39, 0.29) is 4.90 Å². The second kappa shape index (κ2) is 8.38. The van der Waals surface area contributed by atoms with Crippen LogP contribution in [0.25, 0.3) is 0 Å². The highest BCUT2D eigenvalue weighted by atomic mass is 32.2. The van der Waals surface area contributed by atoms with Gasteiger partial charge in [-0.15, -0.1) is 11.3 Å². The Morgan fingerprint density at radius 2 is 1.82 bits per heavy atom. The molecular formula is C18H21N3O5S2. The molecule has 1 saturated heterocycles. The lowest BCUT2D eigenvalue weighted by molar-refractivity contribution is -0.119. The molecule has 2 aromatic rings. The van der Waals surface area contributed by atoms with E-state index >= 15 is 0 Å². The third kappa shape index (κ3) is 4.57. The van der Waals surface area contributed by atoms with Gasteiger partial charge in [-0.05, 0) is 51.0 Å². The lowest BCUT2D eigenvalue weighted by atomic mass is 10.3. The Hall–Kier alpha value is -2.30. The van der Waals surface area contributed by atoms with E-state index in [4.69, 9.17) is 4.74 Å². The largest absolute Gasteiger partial charge is 0.451 e. The van der Waals surface area contributed by atoms with E-state index in [9.17, 15) is 18.0 Å². The summed E-state index contributed by atoms with van der Waals surface area (Å²) in [6.45, 7) is 4.12. The Bertz CT molecular complexity index is 977. The van der Waals surface area contributed by atoms with Crippen molar-refractivity contribution < 1.29 is 22.7 Å². The Kier molecular flexibility index (Phi) is 6.11. The third-order valence-electron chi connectivity index (χ3n) is 4.26. The lowest BCUT2D eigenvalue weighted by Crippen LogP contribution is -2.27. The van der Waals surface area contributed by atoms with Crippen LogP contribution in [0.5, 0.6) is 0 Å². The average Bonchev–Trinajstić information content (AvgIpc) is 3.30. The molecule has 0 bridgehead atoms. The summed E-state index contributed by atoms with van der Waals surface area (Å²) >= 11 is 1.21. The van der Waals surface area contributed by atoms with Gasteiger partial charge in [0, 0.05) is 18.8 Å². The van der Waals surface area contributed by atoms with Crippen LogP contribution in [-0.4, -0.2) is 49.3 Å². The highest BCUT2D eigenvalue weighted by Gasteiger charge is 2.27. The van der Waals surface area contributed by atoms with E-state index in [1.54, 1.807) is 13.8 Å². The van der Waals surface area contributed by atoms with Crippen molar-refractivity contribution in [1.29, 1.82) is 0 Å². The first-order valence-electron chi connectivity index (χ1n) is 8.78. The molecule has 0 radical (unpaired) electrons. The van der Waals surface area contributed by atoms with Crippen LogP contribution in [0, 0.1) is 13.8 Å². The van der Waals surface area contributed by atoms with E-state index < -0.39 is 28.5 Å². The van der Waals surface area contributed by atoms with Crippen LogP contribution in [0.3, 0.4) is 0 Å². The van der Waals surface area contributed by atoms with Gasteiger partial charge >= 0.3 is 5.97 Å². The van der Waals surface area contributed by atoms with Gasteiger partial charge in [-0.3, -0.25) is 4.79 Å². The molecule has 3 rings (SSSR count). The van der Waals surface area contributed by atoms with Crippen molar-refractivity contribution in [3.63, 3.8) is 0 Å². The minimum absolute atomic E-state index is 0.190. The van der Waals surface area contributed by atoms with Crippen molar-refractivity contribution in [1.82, 2.24) is 9.29 Å². The topological polar surface area (TPSA) is 106 Å². The number of carbonyl (C=O) groups excluding carboxylic acids is 2. The summed E-state index contributed by atoms with van der Waals surface area (Å²) in [6.07, 6.45) is 1.74. The maximum Gasteiger partial charge on any atom is 0.350 e. The van der Waals surface area contributed by atoms with E-state index in [1.807, 2.05) is 0 Å².